The smallest absolute Gasteiger partial charge is 0.161 e. The fourth-order valence-corrected chi connectivity index (χ4v) is 3.55. The van der Waals surface area contributed by atoms with Gasteiger partial charge in [-0.05, 0) is 42.3 Å². The van der Waals surface area contributed by atoms with Gasteiger partial charge in [-0.25, -0.2) is 0 Å². The number of nitrogens with zero attached hydrogens (tertiary/aromatic N) is 1. The molecular formula is C21H24N2O2S. The van der Waals surface area contributed by atoms with Crippen molar-refractivity contribution in [2.75, 3.05) is 7.11 Å². The lowest BCUT2D eigenvalue weighted by Crippen LogP contribution is -2.12. The van der Waals surface area contributed by atoms with Gasteiger partial charge < -0.3 is 14.8 Å². The van der Waals surface area contributed by atoms with Gasteiger partial charge in [-0.1, -0.05) is 19.1 Å². The molecule has 0 spiro atoms. The van der Waals surface area contributed by atoms with Crippen LogP contribution >= 0.6 is 11.3 Å². The van der Waals surface area contributed by atoms with Gasteiger partial charge in [-0.2, -0.15) is 0 Å². The van der Waals surface area contributed by atoms with Crippen molar-refractivity contribution < 1.29 is 9.47 Å². The molecule has 1 N–H and O–H groups in total. The van der Waals surface area contributed by atoms with Crippen LogP contribution < -0.4 is 14.8 Å². The Morgan fingerprint density at radius 1 is 1.00 bits per heavy atom. The summed E-state index contributed by atoms with van der Waals surface area (Å²) < 4.78 is 11.4. The van der Waals surface area contributed by atoms with Crippen LogP contribution in [0.1, 0.15) is 27.8 Å². The molecular weight excluding hydrogens is 344 g/mol. The Labute approximate surface area is 158 Å². The molecule has 0 amide bonds. The van der Waals surface area contributed by atoms with Crippen LogP contribution in [-0.2, 0) is 26.1 Å². The molecule has 0 radical (unpaired) electrons. The molecule has 4 nitrogen and oxygen atoms in total. The Bertz CT molecular complexity index is 818. The molecule has 136 valence electrons. The van der Waals surface area contributed by atoms with E-state index in [1.54, 1.807) is 13.3 Å². The number of hydrogen-bond donors (Lipinski definition) is 1. The van der Waals surface area contributed by atoms with Crippen LogP contribution in [0.4, 0.5) is 0 Å². The van der Waals surface area contributed by atoms with E-state index in [0.717, 1.165) is 36.6 Å². The van der Waals surface area contributed by atoms with Crippen LogP contribution in [0.25, 0.3) is 0 Å². The Balaban J connectivity index is 1.59. The molecule has 5 heteroatoms. The second kappa shape index (κ2) is 9.36. The molecule has 2 heterocycles. The minimum Gasteiger partial charge on any atom is -0.493 e. The van der Waals surface area contributed by atoms with Gasteiger partial charge in [0.15, 0.2) is 11.5 Å². The number of ether oxygens (including phenoxy) is 2. The van der Waals surface area contributed by atoms with Crippen molar-refractivity contribution >= 4 is 11.3 Å². The number of rotatable bonds is 9. The number of aryl methyl sites for hydroxylation is 1. The SMILES string of the molecule is CCc1ccc(CNCc2ccc(OC)c(OCc3cccnc3)c2)s1. The van der Waals surface area contributed by atoms with Crippen molar-refractivity contribution in [1.82, 2.24) is 10.3 Å². The topological polar surface area (TPSA) is 43.4 Å². The monoisotopic (exact) mass is 368 g/mol. The largest absolute Gasteiger partial charge is 0.493 e. The highest BCUT2D eigenvalue weighted by atomic mass is 32.1. The fraction of sp³-hybridized carbons (Fsp3) is 0.286. The first-order valence-electron chi connectivity index (χ1n) is 8.75. The van der Waals surface area contributed by atoms with Gasteiger partial charge in [0.1, 0.15) is 6.61 Å². The number of benzene rings is 1. The molecule has 3 aromatic rings. The van der Waals surface area contributed by atoms with E-state index in [4.69, 9.17) is 9.47 Å². The number of methoxy groups -OCH3 is 1. The summed E-state index contributed by atoms with van der Waals surface area (Å²) in [6, 6.07) is 14.4. The summed E-state index contributed by atoms with van der Waals surface area (Å²) in [6.07, 6.45) is 4.66. The second-order valence-electron chi connectivity index (χ2n) is 5.96. The van der Waals surface area contributed by atoms with Crippen molar-refractivity contribution in [3.63, 3.8) is 0 Å². The summed E-state index contributed by atoms with van der Waals surface area (Å²) in [7, 11) is 1.66. The third-order valence-corrected chi connectivity index (χ3v) is 5.27. The van der Waals surface area contributed by atoms with Crippen LogP contribution in [0, 0.1) is 0 Å². The first-order valence-corrected chi connectivity index (χ1v) is 9.57. The molecule has 0 bridgehead atoms. The molecule has 0 unspecified atom stereocenters. The molecule has 0 saturated heterocycles. The number of nitrogens with one attached hydrogen (secondary N) is 1. The van der Waals surface area contributed by atoms with E-state index in [-0.39, 0.29) is 0 Å². The number of pyridine rings is 1. The third-order valence-electron chi connectivity index (χ3n) is 4.04. The van der Waals surface area contributed by atoms with Gasteiger partial charge in [-0.3, -0.25) is 4.98 Å². The van der Waals surface area contributed by atoms with Gasteiger partial charge >= 0.3 is 0 Å². The zero-order valence-corrected chi connectivity index (χ0v) is 16.0. The van der Waals surface area contributed by atoms with E-state index in [1.165, 1.54) is 15.3 Å². The molecule has 3 rings (SSSR count). The highest BCUT2D eigenvalue weighted by Gasteiger charge is 2.07. The van der Waals surface area contributed by atoms with Gasteiger partial charge in [-0.15, -0.1) is 11.3 Å². The molecule has 0 saturated carbocycles. The maximum Gasteiger partial charge on any atom is 0.161 e. The van der Waals surface area contributed by atoms with Gasteiger partial charge in [0.05, 0.1) is 7.11 Å². The molecule has 26 heavy (non-hydrogen) atoms. The van der Waals surface area contributed by atoms with Crippen LogP contribution in [0.2, 0.25) is 0 Å². The molecule has 0 atom stereocenters. The first-order chi connectivity index (χ1) is 12.8. The lowest BCUT2D eigenvalue weighted by atomic mass is 10.2. The summed E-state index contributed by atoms with van der Waals surface area (Å²) in [5.74, 6) is 1.49. The van der Waals surface area contributed by atoms with Crippen molar-refractivity contribution in [3.05, 3.63) is 75.7 Å². The van der Waals surface area contributed by atoms with Crippen molar-refractivity contribution in [1.29, 1.82) is 0 Å². The maximum absolute atomic E-state index is 5.95. The quantitative estimate of drug-likeness (QED) is 0.600. The van der Waals surface area contributed by atoms with Gasteiger partial charge in [0, 0.05) is 40.8 Å². The Morgan fingerprint density at radius 3 is 2.62 bits per heavy atom. The lowest BCUT2D eigenvalue weighted by Gasteiger charge is -2.13. The third kappa shape index (κ3) is 5.07. The second-order valence-corrected chi connectivity index (χ2v) is 7.21. The molecule has 1 aromatic carbocycles. The van der Waals surface area contributed by atoms with Crippen LogP contribution in [-0.4, -0.2) is 12.1 Å². The highest BCUT2D eigenvalue weighted by molar-refractivity contribution is 7.11. The predicted molar refractivity (Wildman–Crippen MR) is 106 cm³/mol. The molecule has 0 aliphatic rings. The molecule has 2 aromatic heterocycles. The van der Waals surface area contributed by atoms with Crippen molar-refractivity contribution in [2.24, 2.45) is 0 Å². The summed E-state index contributed by atoms with van der Waals surface area (Å²) in [5, 5.41) is 3.50. The molecule has 0 fully saturated rings. The van der Waals surface area contributed by atoms with Gasteiger partial charge in [0.2, 0.25) is 0 Å². The standard InChI is InChI=1S/C21H24N2O2S/c1-3-18-7-8-19(26-18)14-23-12-16-6-9-20(24-2)21(11-16)25-15-17-5-4-10-22-13-17/h4-11,13,23H,3,12,14-15H2,1-2H3. The van der Waals surface area contributed by atoms with Crippen molar-refractivity contribution in [2.45, 2.75) is 33.0 Å². The lowest BCUT2D eigenvalue weighted by molar-refractivity contribution is 0.283. The first kappa shape index (κ1) is 18.4. The Morgan fingerprint density at radius 2 is 1.88 bits per heavy atom. The summed E-state index contributed by atoms with van der Waals surface area (Å²) >= 11 is 1.87. The van der Waals surface area contributed by atoms with E-state index in [0.29, 0.717) is 6.61 Å². The highest BCUT2D eigenvalue weighted by Crippen LogP contribution is 2.29. The fourth-order valence-electron chi connectivity index (χ4n) is 2.63. The number of aromatic nitrogens is 1. The zero-order valence-electron chi connectivity index (χ0n) is 15.2. The zero-order chi connectivity index (χ0) is 18.2. The summed E-state index contributed by atoms with van der Waals surface area (Å²) in [6.45, 7) is 4.32. The van der Waals surface area contributed by atoms with Crippen LogP contribution in [0.3, 0.4) is 0 Å². The Kier molecular flexibility index (Phi) is 6.63. The minimum absolute atomic E-state index is 0.468. The van der Waals surface area contributed by atoms with Crippen LogP contribution in [0.5, 0.6) is 11.5 Å². The Hall–Kier alpha value is -2.37. The van der Waals surface area contributed by atoms with E-state index in [2.05, 4.69) is 35.4 Å². The summed E-state index contributed by atoms with van der Waals surface area (Å²) in [4.78, 5) is 6.91. The van der Waals surface area contributed by atoms with E-state index in [9.17, 15) is 0 Å². The minimum atomic E-state index is 0.468. The van der Waals surface area contributed by atoms with E-state index >= 15 is 0 Å². The van der Waals surface area contributed by atoms with Gasteiger partial charge in [0.25, 0.3) is 0 Å². The average molecular weight is 369 g/mol. The predicted octanol–water partition coefficient (Wildman–Crippen LogP) is 4.58. The van der Waals surface area contributed by atoms with E-state index < -0.39 is 0 Å². The maximum atomic E-state index is 5.95. The van der Waals surface area contributed by atoms with Crippen LogP contribution in [0.15, 0.2) is 54.9 Å². The average Bonchev–Trinajstić information content (AvgIpc) is 3.15. The molecule has 0 aliphatic carbocycles. The normalized spacial score (nSPS) is 10.7. The van der Waals surface area contributed by atoms with E-state index in [1.807, 2.05) is 41.8 Å². The molecule has 0 aliphatic heterocycles. The number of thiophene rings is 1. The van der Waals surface area contributed by atoms with Crippen molar-refractivity contribution in [3.8, 4) is 11.5 Å². The number of hydrogen-bond acceptors (Lipinski definition) is 5. The summed E-state index contributed by atoms with van der Waals surface area (Å²) in [5.41, 5.74) is 2.20.